The smallest absolute Gasteiger partial charge is 0.0518 e. The third-order valence-electron chi connectivity index (χ3n) is 2.06. The number of benzene rings is 1. The first-order valence-electron chi connectivity index (χ1n) is 4.21. The minimum Gasteiger partial charge on any atom is -0.309 e. The van der Waals surface area contributed by atoms with E-state index in [1.165, 1.54) is 11.3 Å². The molecule has 0 heterocycles. The van der Waals surface area contributed by atoms with Gasteiger partial charge in [-0.05, 0) is 17.7 Å². The van der Waals surface area contributed by atoms with E-state index in [2.05, 4.69) is 45.2 Å². The summed E-state index contributed by atoms with van der Waals surface area (Å²) in [5.74, 6) is 0. The van der Waals surface area contributed by atoms with Crippen LogP contribution in [0.5, 0.6) is 0 Å². The zero-order valence-corrected chi connectivity index (χ0v) is 9.87. The molecule has 13 heavy (non-hydrogen) atoms. The molecule has 72 valence electrons. The van der Waals surface area contributed by atoms with E-state index >= 15 is 0 Å². The lowest BCUT2D eigenvalue weighted by Gasteiger charge is -2.26. The van der Waals surface area contributed by atoms with Gasteiger partial charge in [0.25, 0.3) is 0 Å². The summed E-state index contributed by atoms with van der Waals surface area (Å²) < 4.78 is 0. The van der Waals surface area contributed by atoms with Crippen molar-refractivity contribution in [2.75, 3.05) is 26.2 Å². The third-order valence-corrected chi connectivity index (χ3v) is 2.71. The molecule has 1 rings (SSSR count). The zero-order chi connectivity index (χ0) is 9.84. The molecule has 0 fully saturated rings. The molecule has 2 nitrogen and oxygen atoms in total. The van der Waals surface area contributed by atoms with Crippen LogP contribution in [-0.4, -0.2) is 26.2 Å². The molecule has 0 unspecified atom stereocenters. The molecule has 0 N–H and O–H groups in total. The normalized spacial score (nSPS) is 10.5. The Kier molecular flexibility index (Phi) is 3.75. The van der Waals surface area contributed by atoms with E-state index in [4.69, 9.17) is 0 Å². The fraction of sp³-hybridized carbons (Fsp3) is 0.400. The number of hydrogen-bond acceptors (Lipinski definition) is 2. The molecule has 0 spiro atoms. The van der Waals surface area contributed by atoms with Crippen molar-refractivity contribution < 1.29 is 0 Å². The molecule has 0 aromatic heterocycles. The van der Waals surface area contributed by atoms with Gasteiger partial charge in [0.15, 0.2) is 0 Å². The van der Waals surface area contributed by atoms with Crippen LogP contribution in [0, 0.1) is 0 Å². The summed E-state index contributed by atoms with van der Waals surface area (Å²) in [6.45, 7) is 0. The van der Waals surface area contributed by atoms with Gasteiger partial charge in [0.1, 0.15) is 0 Å². The highest BCUT2D eigenvalue weighted by Crippen LogP contribution is 2.15. The van der Waals surface area contributed by atoms with Crippen molar-refractivity contribution in [3.63, 3.8) is 0 Å². The molecule has 0 saturated heterocycles. The summed E-state index contributed by atoms with van der Waals surface area (Å²) >= 11 is 3.42. The maximum atomic E-state index is 3.42. The zero-order valence-electron chi connectivity index (χ0n) is 8.29. The lowest BCUT2D eigenvalue weighted by atomic mass is 10.2. The standard InChI is InChI=1S/C10H15BrN2/c1-12(2)13(3)10-6-4-9(8-11)5-7-10/h4-7H,8H2,1-3H3. The molecule has 0 aliphatic carbocycles. The minimum absolute atomic E-state index is 0.916. The monoisotopic (exact) mass is 242 g/mol. The van der Waals surface area contributed by atoms with Gasteiger partial charge in [-0.25, -0.2) is 5.01 Å². The van der Waals surface area contributed by atoms with Crippen LogP contribution in [0.15, 0.2) is 24.3 Å². The van der Waals surface area contributed by atoms with Gasteiger partial charge in [0.2, 0.25) is 0 Å². The van der Waals surface area contributed by atoms with Gasteiger partial charge in [-0.15, -0.1) is 0 Å². The average molecular weight is 243 g/mol. The van der Waals surface area contributed by atoms with E-state index in [1.54, 1.807) is 0 Å². The molecule has 0 aliphatic heterocycles. The Bertz CT molecular complexity index is 256. The summed E-state index contributed by atoms with van der Waals surface area (Å²) in [4.78, 5) is 0. The quantitative estimate of drug-likeness (QED) is 0.594. The second kappa shape index (κ2) is 4.63. The summed E-state index contributed by atoms with van der Waals surface area (Å²) in [6.07, 6.45) is 0. The molecular formula is C10H15BrN2. The maximum Gasteiger partial charge on any atom is 0.0518 e. The molecule has 0 bridgehead atoms. The number of anilines is 1. The van der Waals surface area contributed by atoms with Crippen LogP contribution in [0.25, 0.3) is 0 Å². The number of nitrogens with zero attached hydrogens (tertiary/aromatic N) is 2. The van der Waals surface area contributed by atoms with Crippen molar-refractivity contribution in [1.82, 2.24) is 5.01 Å². The SMILES string of the molecule is CN(C)N(C)c1ccc(CBr)cc1. The molecule has 0 saturated carbocycles. The van der Waals surface area contributed by atoms with Crippen molar-refractivity contribution in [3.8, 4) is 0 Å². The van der Waals surface area contributed by atoms with Crippen LogP contribution in [0.3, 0.4) is 0 Å². The fourth-order valence-corrected chi connectivity index (χ4v) is 1.41. The largest absolute Gasteiger partial charge is 0.309 e. The second-order valence-corrected chi connectivity index (χ2v) is 3.73. The molecule has 3 heteroatoms. The number of rotatable bonds is 3. The molecule has 1 aromatic rings. The van der Waals surface area contributed by atoms with Crippen LogP contribution < -0.4 is 5.01 Å². The topological polar surface area (TPSA) is 6.48 Å². The number of hydrazine groups is 1. The predicted octanol–water partition coefficient (Wildman–Crippen LogP) is 2.49. The first kappa shape index (κ1) is 10.5. The molecule has 0 amide bonds. The Labute approximate surface area is 88.2 Å². The highest BCUT2D eigenvalue weighted by atomic mass is 79.9. The Balaban J connectivity index is 2.79. The summed E-state index contributed by atoms with van der Waals surface area (Å²) in [6, 6.07) is 8.50. The number of hydrogen-bond donors (Lipinski definition) is 0. The van der Waals surface area contributed by atoms with E-state index in [-0.39, 0.29) is 0 Å². The molecule has 0 aliphatic rings. The number of halogens is 1. The van der Waals surface area contributed by atoms with Gasteiger partial charge in [0.05, 0.1) is 5.69 Å². The Morgan fingerprint density at radius 2 is 1.62 bits per heavy atom. The van der Waals surface area contributed by atoms with E-state index in [0.29, 0.717) is 0 Å². The highest BCUT2D eigenvalue weighted by molar-refractivity contribution is 9.08. The van der Waals surface area contributed by atoms with Crippen molar-refractivity contribution in [2.45, 2.75) is 5.33 Å². The first-order chi connectivity index (χ1) is 6.15. The van der Waals surface area contributed by atoms with Gasteiger partial charge < -0.3 is 5.01 Å². The van der Waals surface area contributed by atoms with Crippen LogP contribution in [0.4, 0.5) is 5.69 Å². The van der Waals surface area contributed by atoms with Crippen molar-refractivity contribution in [1.29, 1.82) is 0 Å². The van der Waals surface area contributed by atoms with Gasteiger partial charge in [-0.3, -0.25) is 0 Å². The lowest BCUT2D eigenvalue weighted by molar-refractivity contribution is 0.397. The minimum atomic E-state index is 0.916. The Hall–Kier alpha value is -0.540. The second-order valence-electron chi connectivity index (χ2n) is 3.17. The molecule has 0 atom stereocenters. The van der Waals surface area contributed by atoms with E-state index in [9.17, 15) is 0 Å². The fourth-order valence-electron chi connectivity index (χ4n) is 1.03. The maximum absolute atomic E-state index is 3.42. The first-order valence-corrected chi connectivity index (χ1v) is 5.33. The van der Waals surface area contributed by atoms with Crippen molar-refractivity contribution >= 4 is 21.6 Å². The Morgan fingerprint density at radius 3 is 2.00 bits per heavy atom. The van der Waals surface area contributed by atoms with E-state index in [1.807, 2.05) is 26.2 Å². The van der Waals surface area contributed by atoms with Crippen molar-refractivity contribution in [2.24, 2.45) is 0 Å². The lowest BCUT2D eigenvalue weighted by Crippen LogP contribution is -2.32. The van der Waals surface area contributed by atoms with E-state index < -0.39 is 0 Å². The van der Waals surface area contributed by atoms with Crippen LogP contribution in [-0.2, 0) is 5.33 Å². The summed E-state index contributed by atoms with van der Waals surface area (Å²) in [7, 11) is 6.10. The van der Waals surface area contributed by atoms with Crippen molar-refractivity contribution in [3.05, 3.63) is 29.8 Å². The number of alkyl halides is 1. The highest BCUT2D eigenvalue weighted by Gasteiger charge is 2.01. The molecule has 0 radical (unpaired) electrons. The average Bonchev–Trinajstić information content (AvgIpc) is 2.17. The Morgan fingerprint density at radius 1 is 1.08 bits per heavy atom. The van der Waals surface area contributed by atoms with Gasteiger partial charge in [-0.2, -0.15) is 0 Å². The van der Waals surface area contributed by atoms with Crippen LogP contribution in [0.2, 0.25) is 0 Å². The van der Waals surface area contributed by atoms with Gasteiger partial charge in [-0.1, -0.05) is 28.1 Å². The molecule has 1 aromatic carbocycles. The van der Waals surface area contributed by atoms with Crippen LogP contribution >= 0.6 is 15.9 Å². The molecular weight excluding hydrogens is 228 g/mol. The van der Waals surface area contributed by atoms with Gasteiger partial charge in [0, 0.05) is 26.5 Å². The van der Waals surface area contributed by atoms with Gasteiger partial charge >= 0.3 is 0 Å². The predicted molar refractivity (Wildman–Crippen MR) is 61.2 cm³/mol. The summed E-state index contributed by atoms with van der Waals surface area (Å²) in [5, 5.41) is 5.06. The third kappa shape index (κ3) is 2.71. The van der Waals surface area contributed by atoms with Crippen LogP contribution in [0.1, 0.15) is 5.56 Å². The van der Waals surface area contributed by atoms with E-state index in [0.717, 1.165) is 5.33 Å². The summed E-state index contributed by atoms with van der Waals surface area (Å²) in [5.41, 5.74) is 2.51.